The number of benzene rings is 1. The predicted octanol–water partition coefficient (Wildman–Crippen LogP) is 3.46. The summed E-state index contributed by atoms with van der Waals surface area (Å²) >= 11 is 0. The number of carbonyl (C=O) groups is 1. The summed E-state index contributed by atoms with van der Waals surface area (Å²) in [4.78, 5) is 12.0. The zero-order valence-electron chi connectivity index (χ0n) is 9.74. The maximum atomic E-state index is 12.0. The van der Waals surface area contributed by atoms with E-state index in [1.54, 1.807) is 0 Å². The molecule has 1 aliphatic carbocycles. The molecule has 0 bridgehead atoms. The Bertz CT molecular complexity index is 367. The van der Waals surface area contributed by atoms with E-state index in [1.807, 2.05) is 24.3 Å². The molecule has 1 aromatic carbocycles. The molecule has 0 spiro atoms. The SMILES string of the molecule is CCCOc1cccc(C(=O)C2CCC2)c1. The first-order chi connectivity index (χ1) is 7.81. The van der Waals surface area contributed by atoms with Gasteiger partial charge in [0.15, 0.2) is 5.78 Å². The lowest BCUT2D eigenvalue weighted by Crippen LogP contribution is -2.21. The van der Waals surface area contributed by atoms with Crippen LogP contribution in [0.5, 0.6) is 5.75 Å². The molecule has 0 radical (unpaired) electrons. The van der Waals surface area contributed by atoms with E-state index in [2.05, 4.69) is 6.92 Å². The summed E-state index contributed by atoms with van der Waals surface area (Å²) in [6, 6.07) is 7.57. The molecule has 2 rings (SSSR count). The Morgan fingerprint density at radius 2 is 2.25 bits per heavy atom. The molecular weight excluding hydrogens is 200 g/mol. The summed E-state index contributed by atoms with van der Waals surface area (Å²) in [5, 5.41) is 0. The van der Waals surface area contributed by atoms with Crippen molar-refractivity contribution < 1.29 is 9.53 Å². The molecule has 2 nitrogen and oxygen atoms in total. The summed E-state index contributed by atoms with van der Waals surface area (Å²) in [5.41, 5.74) is 0.804. The summed E-state index contributed by atoms with van der Waals surface area (Å²) in [6.07, 6.45) is 4.29. The molecule has 0 aromatic heterocycles. The Kier molecular flexibility index (Phi) is 3.60. The zero-order chi connectivity index (χ0) is 11.4. The lowest BCUT2D eigenvalue weighted by atomic mass is 9.80. The summed E-state index contributed by atoms with van der Waals surface area (Å²) in [5.74, 6) is 1.36. The number of ketones is 1. The van der Waals surface area contributed by atoms with Gasteiger partial charge in [-0.05, 0) is 31.4 Å². The van der Waals surface area contributed by atoms with Gasteiger partial charge in [-0.1, -0.05) is 25.5 Å². The number of carbonyl (C=O) groups excluding carboxylic acids is 1. The van der Waals surface area contributed by atoms with Crippen LogP contribution in [0.1, 0.15) is 43.0 Å². The fourth-order valence-corrected chi connectivity index (χ4v) is 1.87. The molecule has 0 unspecified atom stereocenters. The van der Waals surface area contributed by atoms with Crippen molar-refractivity contribution in [3.63, 3.8) is 0 Å². The van der Waals surface area contributed by atoms with Crippen LogP contribution in [0.4, 0.5) is 0 Å². The van der Waals surface area contributed by atoms with Gasteiger partial charge in [0, 0.05) is 11.5 Å². The Morgan fingerprint density at radius 3 is 2.88 bits per heavy atom. The predicted molar refractivity (Wildman–Crippen MR) is 63.9 cm³/mol. The van der Waals surface area contributed by atoms with Gasteiger partial charge in [-0.15, -0.1) is 0 Å². The van der Waals surface area contributed by atoms with Crippen LogP contribution in [0.2, 0.25) is 0 Å². The standard InChI is InChI=1S/C14H18O2/c1-2-9-16-13-8-4-7-12(10-13)14(15)11-5-3-6-11/h4,7-8,10-11H,2-3,5-6,9H2,1H3. The molecule has 1 fully saturated rings. The number of rotatable bonds is 5. The van der Waals surface area contributed by atoms with Gasteiger partial charge in [0.1, 0.15) is 5.75 Å². The zero-order valence-corrected chi connectivity index (χ0v) is 9.74. The molecule has 0 atom stereocenters. The molecule has 1 saturated carbocycles. The smallest absolute Gasteiger partial charge is 0.166 e. The van der Waals surface area contributed by atoms with Gasteiger partial charge in [-0.2, -0.15) is 0 Å². The van der Waals surface area contributed by atoms with Crippen LogP contribution in [0.15, 0.2) is 24.3 Å². The van der Waals surface area contributed by atoms with Crippen LogP contribution in [-0.2, 0) is 0 Å². The third kappa shape index (κ3) is 2.43. The highest BCUT2D eigenvalue weighted by Gasteiger charge is 2.26. The molecule has 0 aliphatic heterocycles. The highest BCUT2D eigenvalue weighted by atomic mass is 16.5. The molecular formula is C14H18O2. The number of hydrogen-bond acceptors (Lipinski definition) is 2. The Balaban J connectivity index is 2.05. The van der Waals surface area contributed by atoms with E-state index in [0.717, 1.165) is 30.6 Å². The van der Waals surface area contributed by atoms with Crippen molar-refractivity contribution in [2.75, 3.05) is 6.61 Å². The monoisotopic (exact) mass is 218 g/mol. The Labute approximate surface area is 96.6 Å². The van der Waals surface area contributed by atoms with Crippen LogP contribution in [-0.4, -0.2) is 12.4 Å². The fraction of sp³-hybridized carbons (Fsp3) is 0.500. The third-order valence-corrected chi connectivity index (χ3v) is 3.07. The second-order valence-corrected chi connectivity index (χ2v) is 4.37. The quantitative estimate of drug-likeness (QED) is 0.707. The van der Waals surface area contributed by atoms with Crippen molar-refractivity contribution in [2.24, 2.45) is 5.92 Å². The first-order valence-electron chi connectivity index (χ1n) is 6.08. The van der Waals surface area contributed by atoms with E-state index in [4.69, 9.17) is 4.74 Å². The molecule has 0 amide bonds. The van der Waals surface area contributed by atoms with E-state index >= 15 is 0 Å². The molecule has 0 saturated heterocycles. The van der Waals surface area contributed by atoms with Crippen molar-refractivity contribution in [1.82, 2.24) is 0 Å². The number of hydrogen-bond donors (Lipinski definition) is 0. The second-order valence-electron chi connectivity index (χ2n) is 4.37. The minimum Gasteiger partial charge on any atom is -0.494 e. The topological polar surface area (TPSA) is 26.3 Å². The van der Waals surface area contributed by atoms with Gasteiger partial charge in [0.05, 0.1) is 6.61 Å². The van der Waals surface area contributed by atoms with Gasteiger partial charge >= 0.3 is 0 Å². The van der Waals surface area contributed by atoms with E-state index in [-0.39, 0.29) is 11.7 Å². The van der Waals surface area contributed by atoms with Crippen LogP contribution >= 0.6 is 0 Å². The molecule has 0 N–H and O–H groups in total. The lowest BCUT2D eigenvalue weighted by molar-refractivity contribution is 0.0855. The highest BCUT2D eigenvalue weighted by molar-refractivity contribution is 5.98. The van der Waals surface area contributed by atoms with E-state index in [0.29, 0.717) is 6.61 Å². The third-order valence-electron chi connectivity index (χ3n) is 3.07. The summed E-state index contributed by atoms with van der Waals surface area (Å²) in [6.45, 7) is 2.78. The average molecular weight is 218 g/mol. The van der Waals surface area contributed by atoms with Crippen molar-refractivity contribution >= 4 is 5.78 Å². The van der Waals surface area contributed by atoms with Gasteiger partial charge < -0.3 is 4.74 Å². The van der Waals surface area contributed by atoms with Crippen LogP contribution in [0.25, 0.3) is 0 Å². The maximum absolute atomic E-state index is 12.0. The Morgan fingerprint density at radius 1 is 1.44 bits per heavy atom. The first kappa shape index (κ1) is 11.2. The second kappa shape index (κ2) is 5.15. The minimum atomic E-state index is 0.265. The average Bonchev–Trinajstić information content (AvgIpc) is 2.24. The molecule has 1 aliphatic rings. The van der Waals surface area contributed by atoms with Gasteiger partial charge in [0.2, 0.25) is 0 Å². The largest absolute Gasteiger partial charge is 0.494 e. The number of Topliss-reactive ketones (excluding diaryl/α,β-unsaturated/α-hetero) is 1. The Hall–Kier alpha value is -1.31. The molecule has 0 heterocycles. The van der Waals surface area contributed by atoms with Crippen molar-refractivity contribution in [3.05, 3.63) is 29.8 Å². The van der Waals surface area contributed by atoms with Crippen molar-refractivity contribution in [2.45, 2.75) is 32.6 Å². The molecule has 2 heteroatoms. The molecule has 16 heavy (non-hydrogen) atoms. The maximum Gasteiger partial charge on any atom is 0.166 e. The molecule has 86 valence electrons. The van der Waals surface area contributed by atoms with Crippen LogP contribution < -0.4 is 4.74 Å². The van der Waals surface area contributed by atoms with Gasteiger partial charge in [0.25, 0.3) is 0 Å². The van der Waals surface area contributed by atoms with E-state index in [9.17, 15) is 4.79 Å². The van der Waals surface area contributed by atoms with Crippen molar-refractivity contribution in [3.8, 4) is 5.75 Å². The highest BCUT2D eigenvalue weighted by Crippen LogP contribution is 2.30. The van der Waals surface area contributed by atoms with Crippen molar-refractivity contribution in [1.29, 1.82) is 0 Å². The normalized spacial score (nSPS) is 15.6. The fourth-order valence-electron chi connectivity index (χ4n) is 1.87. The van der Waals surface area contributed by atoms with E-state index in [1.165, 1.54) is 6.42 Å². The summed E-state index contributed by atoms with van der Waals surface area (Å²) in [7, 11) is 0. The first-order valence-corrected chi connectivity index (χ1v) is 6.08. The summed E-state index contributed by atoms with van der Waals surface area (Å²) < 4.78 is 5.53. The lowest BCUT2D eigenvalue weighted by Gasteiger charge is -2.23. The molecule has 1 aromatic rings. The van der Waals surface area contributed by atoms with Gasteiger partial charge in [-0.3, -0.25) is 4.79 Å². The van der Waals surface area contributed by atoms with Gasteiger partial charge in [-0.25, -0.2) is 0 Å². The minimum absolute atomic E-state index is 0.265. The van der Waals surface area contributed by atoms with Crippen LogP contribution in [0, 0.1) is 5.92 Å². The van der Waals surface area contributed by atoms with Crippen LogP contribution in [0.3, 0.4) is 0 Å². The van der Waals surface area contributed by atoms with E-state index < -0.39 is 0 Å². The number of ether oxygens (including phenoxy) is 1.